The number of anilines is 1. The van der Waals surface area contributed by atoms with Crippen molar-refractivity contribution in [3.05, 3.63) is 105 Å². The molecule has 0 radical (unpaired) electrons. The van der Waals surface area contributed by atoms with Gasteiger partial charge in [-0.1, -0.05) is 0 Å². The number of methoxy groups -OCH3 is 4. The summed E-state index contributed by atoms with van der Waals surface area (Å²) in [6, 6.07) is 18.4. The van der Waals surface area contributed by atoms with Gasteiger partial charge in [-0.15, -0.1) is 12.4 Å². The number of carbonyl (C=O) groups excluding carboxylic acids is 1. The van der Waals surface area contributed by atoms with Crippen LogP contribution in [0, 0.1) is 0 Å². The van der Waals surface area contributed by atoms with Gasteiger partial charge in [0.05, 0.1) is 40.1 Å². The molecule has 0 fully saturated rings. The molecule has 10 nitrogen and oxygen atoms in total. The molecular weight excluding hydrogens is 644 g/mol. The number of carbonyl (C=O) groups is 1. The molecule has 3 aromatic carbocycles. The van der Waals surface area contributed by atoms with Crippen LogP contribution in [-0.4, -0.2) is 39.0 Å². The number of ether oxygens (including phenoxy) is 5. The van der Waals surface area contributed by atoms with E-state index in [-0.39, 0.29) is 29.2 Å². The number of hydrogen-bond donors (Lipinski definition) is 1. The predicted octanol–water partition coefficient (Wildman–Crippen LogP) is 6.33. The minimum absolute atomic E-state index is 0. The Balaban J connectivity index is 0.00000423. The van der Waals surface area contributed by atoms with Crippen molar-refractivity contribution in [3.63, 3.8) is 0 Å². The summed E-state index contributed by atoms with van der Waals surface area (Å²) < 4.78 is 36.2. The second-order valence-electron chi connectivity index (χ2n) is 9.07. The summed E-state index contributed by atoms with van der Waals surface area (Å²) in [7, 11) is 5.80. The molecule has 2 N–H and O–H groups in total. The average molecular weight is 672 g/mol. The minimum Gasteiger partial charge on any atom is -0.497 e. The van der Waals surface area contributed by atoms with Crippen LogP contribution in [0.25, 0.3) is 16.5 Å². The number of furan rings is 1. The third-order valence-corrected chi connectivity index (χ3v) is 7.46. The van der Waals surface area contributed by atoms with E-state index in [9.17, 15) is 9.59 Å². The van der Waals surface area contributed by atoms with E-state index in [1.807, 2.05) is 0 Å². The highest BCUT2D eigenvalue weighted by Crippen LogP contribution is 2.42. The smallest absolute Gasteiger partial charge is 0.359 e. The molecule has 2 heterocycles. The lowest BCUT2D eigenvalue weighted by atomic mass is 10.0. The van der Waals surface area contributed by atoms with Crippen LogP contribution < -0.4 is 30.2 Å². The first-order valence-electron chi connectivity index (χ1n) is 12.6. The zero-order valence-corrected chi connectivity index (χ0v) is 26.0. The molecule has 1 atom stereocenters. The minimum atomic E-state index is -0.925. The monoisotopic (exact) mass is 670 g/mol. The molecule has 43 heavy (non-hydrogen) atoms. The van der Waals surface area contributed by atoms with E-state index < -0.39 is 17.6 Å². The van der Waals surface area contributed by atoms with Crippen LogP contribution in [0.4, 0.5) is 5.69 Å². The van der Waals surface area contributed by atoms with Gasteiger partial charge in [-0.05, 0) is 82.7 Å². The number of pyridine rings is 1. The van der Waals surface area contributed by atoms with Gasteiger partial charge < -0.3 is 33.8 Å². The fourth-order valence-electron chi connectivity index (χ4n) is 4.64. The molecule has 0 amide bonds. The van der Waals surface area contributed by atoms with Crippen molar-refractivity contribution < 1.29 is 32.9 Å². The number of esters is 1. The second kappa shape index (κ2) is 13.1. The third kappa shape index (κ3) is 5.86. The molecule has 0 saturated carbocycles. The molecule has 2 aromatic heterocycles. The second-order valence-corrected chi connectivity index (χ2v) is 9.86. The predicted molar refractivity (Wildman–Crippen MR) is 168 cm³/mol. The average Bonchev–Trinajstić information content (AvgIpc) is 3.55. The Morgan fingerprint density at radius 1 is 0.907 bits per heavy atom. The number of nitrogens with zero attached hydrogens (tertiary/aromatic N) is 1. The number of fused-ring (bicyclic) bond motifs is 1. The SMILES string of the molecule is COC(=O)c1c(OC(c2cc(OC)c(Br)c(OC)c2)c2ccco2)c2cc(OC)ccc2c(=O)n1-c1ccc(N)cc1.Cl. The molecule has 1 unspecified atom stereocenters. The summed E-state index contributed by atoms with van der Waals surface area (Å²) in [5.41, 5.74) is 6.77. The molecule has 12 heteroatoms. The number of halogens is 2. The molecule has 0 aliphatic heterocycles. The topological polar surface area (TPSA) is 124 Å². The Labute approximate surface area is 261 Å². The van der Waals surface area contributed by atoms with Crippen molar-refractivity contribution in [1.82, 2.24) is 4.57 Å². The zero-order valence-electron chi connectivity index (χ0n) is 23.6. The molecule has 0 spiro atoms. The fraction of sp³-hybridized carbons (Fsp3) is 0.161. The maximum atomic E-state index is 14.0. The van der Waals surface area contributed by atoms with Crippen LogP contribution in [0.15, 0.2) is 86.7 Å². The summed E-state index contributed by atoms with van der Waals surface area (Å²) in [6.07, 6.45) is 0.586. The Hall–Kier alpha value is -4.61. The quantitative estimate of drug-likeness (QED) is 0.141. The van der Waals surface area contributed by atoms with Crippen LogP contribution in [0.2, 0.25) is 0 Å². The van der Waals surface area contributed by atoms with Gasteiger partial charge in [-0.25, -0.2) is 4.79 Å². The van der Waals surface area contributed by atoms with E-state index in [0.717, 1.165) is 0 Å². The van der Waals surface area contributed by atoms with Gasteiger partial charge in [-0.2, -0.15) is 0 Å². The van der Waals surface area contributed by atoms with Crippen molar-refractivity contribution in [2.45, 2.75) is 6.10 Å². The maximum Gasteiger partial charge on any atom is 0.359 e. The normalized spacial score (nSPS) is 11.4. The van der Waals surface area contributed by atoms with Gasteiger partial charge in [0.2, 0.25) is 0 Å². The van der Waals surface area contributed by atoms with E-state index in [0.29, 0.717) is 49.8 Å². The number of nitrogens with two attached hydrogens (primary N) is 1. The number of hydrogen-bond acceptors (Lipinski definition) is 9. The van der Waals surface area contributed by atoms with Crippen LogP contribution in [0.5, 0.6) is 23.0 Å². The Kier molecular flexibility index (Phi) is 9.57. The van der Waals surface area contributed by atoms with Crippen molar-refractivity contribution in [2.75, 3.05) is 34.2 Å². The van der Waals surface area contributed by atoms with E-state index >= 15 is 0 Å². The van der Waals surface area contributed by atoms with Gasteiger partial charge in [0.15, 0.2) is 17.5 Å². The highest BCUT2D eigenvalue weighted by molar-refractivity contribution is 9.10. The molecule has 0 saturated heterocycles. The molecular formula is C31H28BrClN2O8. The van der Waals surface area contributed by atoms with Crippen LogP contribution in [0.1, 0.15) is 27.9 Å². The Morgan fingerprint density at radius 3 is 2.14 bits per heavy atom. The summed E-state index contributed by atoms with van der Waals surface area (Å²) in [5, 5.41) is 0.610. The summed E-state index contributed by atoms with van der Waals surface area (Å²) in [5.74, 6) is 1.10. The standard InChI is InChI=1S/C31H27BrN2O8.ClH/c1-37-20-11-12-21-22(16-20)29(27(31(36)40-4)34(30(21)35)19-9-7-18(33)8-10-19)42-28(23-6-5-13-41-23)17-14-24(38-2)26(32)25(15-17)39-3;/h5-16,28H,33H2,1-4H3;1H. The van der Waals surface area contributed by atoms with Crippen molar-refractivity contribution in [3.8, 4) is 28.7 Å². The van der Waals surface area contributed by atoms with E-state index in [2.05, 4.69) is 15.9 Å². The maximum absolute atomic E-state index is 14.0. The van der Waals surface area contributed by atoms with E-state index in [4.69, 9.17) is 33.8 Å². The molecule has 0 bridgehead atoms. The number of benzene rings is 3. The van der Waals surface area contributed by atoms with Crippen molar-refractivity contribution in [2.24, 2.45) is 0 Å². The molecule has 224 valence electrons. The van der Waals surface area contributed by atoms with E-state index in [1.165, 1.54) is 39.3 Å². The van der Waals surface area contributed by atoms with Gasteiger partial charge >= 0.3 is 5.97 Å². The molecule has 5 rings (SSSR count). The first kappa shape index (κ1) is 31.3. The Bertz CT molecular complexity index is 1800. The largest absolute Gasteiger partial charge is 0.497 e. The van der Waals surface area contributed by atoms with Crippen LogP contribution in [0.3, 0.4) is 0 Å². The number of rotatable bonds is 9. The van der Waals surface area contributed by atoms with E-state index in [1.54, 1.807) is 66.7 Å². The van der Waals surface area contributed by atoms with Crippen LogP contribution in [-0.2, 0) is 4.74 Å². The zero-order chi connectivity index (χ0) is 30.0. The number of aromatic nitrogens is 1. The summed E-state index contributed by atoms with van der Waals surface area (Å²) in [6.45, 7) is 0. The molecule has 0 aliphatic carbocycles. The molecule has 0 aliphatic rings. The summed E-state index contributed by atoms with van der Waals surface area (Å²) >= 11 is 3.50. The van der Waals surface area contributed by atoms with Crippen molar-refractivity contribution in [1.29, 1.82) is 0 Å². The van der Waals surface area contributed by atoms with Gasteiger partial charge in [0, 0.05) is 22.3 Å². The van der Waals surface area contributed by atoms with Gasteiger partial charge in [0.25, 0.3) is 5.56 Å². The first-order chi connectivity index (χ1) is 20.3. The Morgan fingerprint density at radius 2 is 1.58 bits per heavy atom. The first-order valence-corrected chi connectivity index (χ1v) is 13.4. The van der Waals surface area contributed by atoms with Gasteiger partial charge in [0.1, 0.15) is 27.5 Å². The number of nitrogen functional groups attached to an aromatic ring is 1. The molecule has 5 aromatic rings. The highest BCUT2D eigenvalue weighted by atomic mass is 79.9. The van der Waals surface area contributed by atoms with Crippen LogP contribution >= 0.6 is 28.3 Å². The lowest BCUT2D eigenvalue weighted by Crippen LogP contribution is -2.27. The van der Waals surface area contributed by atoms with Crippen molar-refractivity contribution >= 4 is 50.8 Å². The highest BCUT2D eigenvalue weighted by Gasteiger charge is 2.30. The van der Waals surface area contributed by atoms with Gasteiger partial charge in [-0.3, -0.25) is 9.36 Å². The summed E-state index contributed by atoms with van der Waals surface area (Å²) in [4.78, 5) is 27.5. The fourth-order valence-corrected chi connectivity index (χ4v) is 5.19. The lowest BCUT2D eigenvalue weighted by Gasteiger charge is -2.24. The lowest BCUT2D eigenvalue weighted by molar-refractivity contribution is 0.0582. The third-order valence-electron chi connectivity index (χ3n) is 6.68.